The van der Waals surface area contributed by atoms with E-state index in [0.717, 1.165) is 47.7 Å². The first-order valence-corrected chi connectivity index (χ1v) is 11.5. The van der Waals surface area contributed by atoms with Crippen molar-refractivity contribution in [3.8, 4) is 10.4 Å². The van der Waals surface area contributed by atoms with Crippen molar-refractivity contribution in [2.45, 2.75) is 12.8 Å². The summed E-state index contributed by atoms with van der Waals surface area (Å²) in [5.74, 6) is -0.416. The molecule has 0 spiro atoms. The Morgan fingerprint density at radius 2 is 1.61 bits per heavy atom. The number of rotatable bonds is 5. The molecule has 1 aromatic heterocycles. The third kappa shape index (κ3) is 5.21. The van der Waals surface area contributed by atoms with Crippen LogP contribution in [0.2, 0.25) is 10.0 Å². The maximum atomic E-state index is 12.7. The van der Waals surface area contributed by atoms with Crippen LogP contribution in [-0.2, 0) is 4.79 Å². The molecule has 2 heterocycles. The Labute approximate surface area is 194 Å². The standard InChI is InChI=1S/C23H21Cl2N3O2S/c24-16-11-15(12-17(25)13-16)20-5-6-21(31-20)23(30)27-18-1-3-19(4-2-18)28-9-7-14(8-10-28)22(26)29/h1-6,11-14H,7-10H2,(H2,26,29)(H,27,30). The van der Waals surface area contributed by atoms with Crippen molar-refractivity contribution < 1.29 is 9.59 Å². The van der Waals surface area contributed by atoms with Gasteiger partial charge >= 0.3 is 0 Å². The second-order valence-corrected chi connectivity index (χ2v) is 9.44. The van der Waals surface area contributed by atoms with Crippen LogP contribution in [0.1, 0.15) is 22.5 Å². The molecule has 0 atom stereocenters. The lowest BCUT2D eigenvalue weighted by molar-refractivity contribution is -0.122. The van der Waals surface area contributed by atoms with Crippen LogP contribution in [0.15, 0.2) is 54.6 Å². The number of nitrogens with two attached hydrogens (primary N) is 1. The molecule has 3 aromatic rings. The molecule has 3 N–H and O–H groups in total. The highest BCUT2D eigenvalue weighted by Crippen LogP contribution is 2.33. The summed E-state index contributed by atoms with van der Waals surface area (Å²) in [5, 5.41) is 4.05. The minimum Gasteiger partial charge on any atom is -0.371 e. The van der Waals surface area contributed by atoms with Crippen molar-refractivity contribution in [1.29, 1.82) is 0 Å². The SMILES string of the molecule is NC(=O)C1CCN(c2ccc(NC(=O)c3ccc(-c4cc(Cl)cc(Cl)c4)s3)cc2)CC1. The van der Waals surface area contributed by atoms with E-state index in [1.54, 1.807) is 12.1 Å². The third-order valence-electron chi connectivity index (χ3n) is 5.36. The molecule has 160 valence electrons. The fourth-order valence-electron chi connectivity index (χ4n) is 3.68. The Morgan fingerprint density at radius 3 is 2.23 bits per heavy atom. The van der Waals surface area contributed by atoms with Crippen LogP contribution in [0.25, 0.3) is 10.4 Å². The van der Waals surface area contributed by atoms with Gasteiger partial charge in [0, 0.05) is 45.3 Å². The van der Waals surface area contributed by atoms with Gasteiger partial charge in [0.1, 0.15) is 0 Å². The zero-order chi connectivity index (χ0) is 22.0. The summed E-state index contributed by atoms with van der Waals surface area (Å²) in [6, 6.07) is 16.7. The number of nitrogens with one attached hydrogen (secondary N) is 1. The summed E-state index contributed by atoms with van der Waals surface area (Å²) in [6.45, 7) is 1.59. The van der Waals surface area contributed by atoms with Crippen molar-refractivity contribution in [2.75, 3.05) is 23.3 Å². The molecular formula is C23H21Cl2N3O2S. The van der Waals surface area contributed by atoms with E-state index in [9.17, 15) is 9.59 Å². The number of carbonyl (C=O) groups excluding carboxylic acids is 2. The van der Waals surface area contributed by atoms with Crippen LogP contribution < -0.4 is 16.0 Å². The molecule has 31 heavy (non-hydrogen) atoms. The van der Waals surface area contributed by atoms with Crippen LogP contribution in [0.3, 0.4) is 0 Å². The highest BCUT2D eigenvalue weighted by molar-refractivity contribution is 7.17. The molecule has 1 saturated heterocycles. The average molecular weight is 474 g/mol. The number of benzene rings is 2. The van der Waals surface area contributed by atoms with Crippen LogP contribution in [0.4, 0.5) is 11.4 Å². The summed E-state index contributed by atoms with van der Waals surface area (Å²) in [6.07, 6.45) is 1.54. The summed E-state index contributed by atoms with van der Waals surface area (Å²) >= 11 is 13.6. The number of halogens is 2. The molecule has 4 rings (SSSR count). The number of hydrogen-bond donors (Lipinski definition) is 2. The Balaban J connectivity index is 1.39. The lowest BCUT2D eigenvalue weighted by Gasteiger charge is -2.32. The first kappa shape index (κ1) is 21.7. The average Bonchev–Trinajstić information content (AvgIpc) is 3.24. The maximum Gasteiger partial charge on any atom is 0.265 e. The van der Waals surface area contributed by atoms with Crippen molar-refractivity contribution >= 4 is 57.7 Å². The second kappa shape index (κ2) is 9.30. The minimum absolute atomic E-state index is 0.0339. The Kier molecular flexibility index (Phi) is 6.51. The first-order chi connectivity index (χ1) is 14.9. The normalized spacial score (nSPS) is 14.5. The van der Waals surface area contributed by atoms with Crippen LogP contribution in [0.5, 0.6) is 0 Å². The van der Waals surface area contributed by atoms with E-state index in [-0.39, 0.29) is 17.7 Å². The van der Waals surface area contributed by atoms with Crippen molar-refractivity contribution in [2.24, 2.45) is 11.7 Å². The van der Waals surface area contributed by atoms with Crippen molar-refractivity contribution in [1.82, 2.24) is 0 Å². The molecule has 0 radical (unpaired) electrons. The van der Waals surface area contributed by atoms with Crippen molar-refractivity contribution in [3.63, 3.8) is 0 Å². The van der Waals surface area contributed by atoms with E-state index < -0.39 is 0 Å². The molecule has 2 aromatic carbocycles. The fourth-order valence-corrected chi connectivity index (χ4v) is 5.10. The van der Waals surface area contributed by atoms with Gasteiger partial charge < -0.3 is 16.0 Å². The van der Waals surface area contributed by atoms with Gasteiger partial charge in [0.2, 0.25) is 5.91 Å². The largest absolute Gasteiger partial charge is 0.371 e. The summed E-state index contributed by atoms with van der Waals surface area (Å²) in [7, 11) is 0. The lowest BCUT2D eigenvalue weighted by atomic mass is 9.96. The molecule has 1 fully saturated rings. The number of hydrogen-bond acceptors (Lipinski definition) is 4. The van der Waals surface area contributed by atoms with Gasteiger partial charge in [0.25, 0.3) is 5.91 Å². The van der Waals surface area contributed by atoms with E-state index in [0.29, 0.717) is 14.9 Å². The minimum atomic E-state index is -0.215. The first-order valence-electron chi connectivity index (χ1n) is 9.91. The van der Waals surface area contributed by atoms with Gasteiger partial charge in [-0.25, -0.2) is 0 Å². The molecule has 8 heteroatoms. The number of amides is 2. The van der Waals surface area contributed by atoms with Gasteiger partial charge in [-0.3, -0.25) is 9.59 Å². The molecule has 0 saturated carbocycles. The second-order valence-electron chi connectivity index (χ2n) is 7.49. The Bertz CT molecular complexity index is 1090. The fraction of sp³-hybridized carbons (Fsp3) is 0.217. The highest BCUT2D eigenvalue weighted by atomic mass is 35.5. The number of carbonyl (C=O) groups is 2. The van der Waals surface area contributed by atoms with E-state index >= 15 is 0 Å². The summed E-state index contributed by atoms with van der Waals surface area (Å²) in [5.41, 5.74) is 8.08. The number of piperidine rings is 1. The molecule has 0 bridgehead atoms. The van der Waals surface area contributed by atoms with E-state index in [2.05, 4.69) is 10.2 Å². The molecule has 2 amide bonds. The Morgan fingerprint density at radius 1 is 0.968 bits per heavy atom. The molecule has 1 aliphatic heterocycles. The number of anilines is 2. The molecule has 0 unspecified atom stereocenters. The van der Waals surface area contributed by atoms with Crippen LogP contribution in [0, 0.1) is 5.92 Å². The van der Waals surface area contributed by atoms with E-state index in [4.69, 9.17) is 28.9 Å². The number of primary amides is 1. The third-order valence-corrected chi connectivity index (χ3v) is 6.93. The topological polar surface area (TPSA) is 75.4 Å². The molecular weight excluding hydrogens is 453 g/mol. The van der Waals surface area contributed by atoms with Crippen LogP contribution in [-0.4, -0.2) is 24.9 Å². The molecule has 1 aliphatic rings. The van der Waals surface area contributed by atoms with Gasteiger partial charge in [-0.2, -0.15) is 0 Å². The molecule has 0 aliphatic carbocycles. The maximum absolute atomic E-state index is 12.7. The lowest BCUT2D eigenvalue weighted by Crippen LogP contribution is -2.38. The van der Waals surface area contributed by atoms with Gasteiger partial charge in [-0.05, 0) is 73.0 Å². The van der Waals surface area contributed by atoms with Gasteiger partial charge in [0.15, 0.2) is 0 Å². The predicted molar refractivity (Wildman–Crippen MR) is 128 cm³/mol. The number of nitrogens with zero attached hydrogens (tertiary/aromatic N) is 1. The van der Waals surface area contributed by atoms with Gasteiger partial charge in [-0.1, -0.05) is 23.2 Å². The zero-order valence-corrected chi connectivity index (χ0v) is 18.9. The predicted octanol–water partition coefficient (Wildman–Crippen LogP) is 5.68. The quantitative estimate of drug-likeness (QED) is 0.500. The zero-order valence-electron chi connectivity index (χ0n) is 16.6. The highest BCUT2D eigenvalue weighted by Gasteiger charge is 2.23. The van der Waals surface area contributed by atoms with Crippen molar-refractivity contribution in [3.05, 3.63) is 69.5 Å². The van der Waals surface area contributed by atoms with E-state index in [1.807, 2.05) is 42.5 Å². The molecule has 5 nitrogen and oxygen atoms in total. The smallest absolute Gasteiger partial charge is 0.265 e. The van der Waals surface area contributed by atoms with Crippen LogP contribution >= 0.6 is 34.5 Å². The van der Waals surface area contributed by atoms with Gasteiger partial charge in [-0.15, -0.1) is 11.3 Å². The van der Waals surface area contributed by atoms with Gasteiger partial charge in [0.05, 0.1) is 4.88 Å². The number of thiophene rings is 1. The Hall–Kier alpha value is -2.54. The summed E-state index contributed by atoms with van der Waals surface area (Å²) in [4.78, 5) is 27.7. The van der Waals surface area contributed by atoms with E-state index in [1.165, 1.54) is 11.3 Å². The summed E-state index contributed by atoms with van der Waals surface area (Å²) < 4.78 is 0. The monoisotopic (exact) mass is 473 g/mol.